The molecule has 6 nitrogen and oxygen atoms in total. The molecular formula is C11H17F9NO5PS. The standard InChI is InChI=1S/C11H17F9NO5PS/c1-21(6-4-2-3-5-7-27(22,23)24)28(25,26)11(19,20)9(14,15)8(12,13)10(16,17)18/h2-7H2,1H3,(H2,22,23,24). The van der Waals surface area contributed by atoms with Gasteiger partial charge < -0.3 is 9.79 Å². The molecule has 0 radical (unpaired) electrons. The van der Waals surface area contributed by atoms with Gasteiger partial charge in [-0.15, -0.1) is 0 Å². The zero-order valence-corrected chi connectivity index (χ0v) is 15.8. The molecule has 0 saturated heterocycles. The van der Waals surface area contributed by atoms with Gasteiger partial charge >= 0.3 is 30.9 Å². The Morgan fingerprint density at radius 1 is 0.821 bits per heavy atom. The van der Waals surface area contributed by atoms with E-state index >= 15 is 0 Å². The van der Waals surface area contributed by atoms with Crippen molar-refractivity contribution < 1.29 is 62.3 Å². The lowest BCUT2D eigenvalue weighted by Crippen LogP contribution is -2.65. The predicted octanol–water partition coefficient (Wildman–Crippen LogP) is 3.41. The van der Waals surface area contributed by atoms with Crippen LogP contribution < -0.4 is 0 Å². The Balaban J connectivity index is 5.18. The monoisotopic (exact) mass is 477 g/mol. The van der Waals surface area contributed by atoms with Crippen molar-refractivity contribution in [3.05, 3.63) is 0 Å². The molecule has 28 heavy (non-hydrogen) atoms. The van der Waals surface area contributed by atoms with Crippen LogP contribution in [0.25, 0.3) is 0 Å². The number of hydrogen-bond donors (Lipinski definition) is 2. The smallest absolute Gasteiger partial charge is 0.324 e. The zero-order valence-electron chi connectivity index (χ0n) is 14.1. The Bertz CT molecular complexity index is 676. The minimum absolute atomic E-state index is 0.0134. The fourth-order valence-corrected chi connectivity index (χ4v) is 3.69. The van der Waals surface area contributed by atoms with Crippen LogP contribution >= 0.6 is 7.60 Å². The minimum atomic E-state index is -7.32. The first kappa shape index (κ1) is 27.4. The third-order valence-electron chi connectivity index (χ3n) is 3.52. The van der Waals surface area contributed by atoms with E-state index < -0.39 is 57.9 Å². The van der Waals surface area contributed by atoms with Crippen LogP contribution in [0, 0.1) is 0 Å². The van der Waals surface area contributed by atoms with Gasteiger partial charge in [-0.3, -0.25) is 4.57 Å². The highest BCUT2D eigenvalue weighted by molar-refractivity contribution is 7.90. The minimum Gasteiger partial charge on any atom is -0.324 e. The van der Waals surface area contributed by atoms with Gasteiger partial charge in [0.1, 0.15) is 0 Å². The molecule has 0 aliphatic heterocycles. The lowest BCUT2D eigenvalue weighted by molar-refractivity contribution is -0.382. The van der Waals surface area contributed by atoms with Crippen molar-refractivity contribution in [3.63, 3.8) is 0 Å². The molecule has 0 unspecified atom stereocenters. The number of alkyl halides is 9. The lowest BCUT2D eigenvalue weighted by Gasteiger charge is -2.34. The molecule has 2 N–H and O–H groups in total. The summed E-state index contributed by atoms with van der Waals surface area (Å²) in [6.07, 6.45) is -7.93. The van der Waals surface area contributed by atoms with Crippen LogP contribution in [-0.2, 0) is 14.6 Å². The summed E-state index contributed by atoms with van der Waals surface area (Å²) in [4.78, 5) is 17.2. The summed E-state index contributed by atoms with van der Waals surface area (Å²) in [5.74, 6) is -14.6. The van der Waals surface area contributed by atoms with Crippen LogP contribution in [0.4, 0.5) is 39.5 Å². The maximum absolute atomic E-state index is 13.6. The maximum atomic E-state index is 13.6. The van der Waals surface area contributed by atoms with Gasteiger partial charge in [0.15, 0.2) is 0 Å². The molecule has 0 aromatic heterocycles. The highest BCUT2D eigenvalue weighted by atomic mass is 32.2. The van der Waals surface area contributed by atoms with Crippen LogP contribution in [0.5, 0.6) is 0 Å². The highest BCUT2D eigenvalue weighted by Crippen LogP contribution is 2.55. The number of unbranched alkanes of at least 4 members (excludes halogenated alkanes) is 3. The number of sulfonamides is 1. The van der Waals surface area contributed by atoms with Gasteiger partial charge in [0.2, 0.25) is 0 Å². The first-order valence-electron chi connectivity index (χ1n) is 7.33. The van der Waals surface area contributed by atoms with E-state index in [1.54, 1.807) is 0 Å². The van der Waals surface area contributed by atoms with E-state index in [4.69, 9.17) is 9.79 Å². The van der Waals surface area contributed by atoms with Crippen molar-refractivity contribution in [3.8, 4) is 0 Å². The first-order valence-corrected chi connectivity index (χ1v) is 10.6. The summed E-state index contributed by atoms with van der Waals surface area (Å²) in [5, 5.41) is -6.77. The molecule has 170 valence electrons. The number of rotatable bonds is 11. The Hall–Kier alpha value is -0.570. The third kappa shape index (κ3) is 5.74. The molecule has 0 amide bonds. The van der Waals surface area contributed by atoms with Crippen molar-refractivity contribution in [2.45, 2.75) is 49.0 Å². The van der Waals surface area contributed by atoms with E-state index in [1.165, 1.54) is 0 Å². The summed E-state index contributed by atoms with van der Waals surface area (Å²) >= 11 is 0. The molecular weight excluding hydrogens is 460 g/mol. The Morgan fingerprint density at radius 2 is 1.25 bits per heavy atom. The fraction of sp³-hybridized carbons (Fsp3) is 1.00. The van der Waals surface area contributed by atoms with Crippen molar-refractivity contribution in [2.75, 3.05) is 19.8 Å². The molecule has 0 aromatic rings. The average Bonchev–Trinajstić information content (AvgIpc) is 2.47. The molecule has 0 spiro atoms. The van der Waals surface area contributed by atoms with Gasteiger partial charge in [0.25, 0.3) is 10.0 Å². The molecule has 0 rings (SSSR count). The van der Waals surface area contributed by atoms with Gasteiger partial charge in [0.05, 0.1) is 0 Å². The normalized spacial score (nSPS) is 15.3. The number of nitrogens with zero attached hydrogens (tertiary/aromatic N) is 1. The summed E-state index contributed by atoms with van der Waals surface area (Å²) < 4.78 is 148. The first-order chi connectivity index (χ1) is 12.1. The quantitative estimate of drug-likeness (QED) is 0.270. The van der Waals surface area contributed by atoms with Crippen LogP contribution in [0.15, 0.2) is 0 Å². The molecule has 17 heteroatoms. The second-order valence-electron chi connectivity index (χ2n) is 5.79. The molecule has 0 fully saturated rings. The Labute approximate surface area is 153 Å². The van der Waals surface area contributed by atoms with Crippen LogP contribution in [0.2, 0.25) is 0 Å². The molecule has 0 bridgehead atoms. The van der Waals surface area contributed by atoms with Gasteiger partial charge in [0, 0.05) is 19.8 Å². The molecule has 0 aliphatic rings. The van der Waals surface area contributed by atoms with Crippen molar-refractivity contribution in [1.29, 1.82) is 0 Å². The summed E-state index contributed by atoms with van der Waals surface area (Å²) in [7, 11) is -10.6. The third-order valence-corrected chi connectivity index (χ3v) is 6.33. The molecule has 0 saturated carbocycles. The number of hydrogen-bond acceptors (Lipinski definition) is 3. The zero-order chi connectivity index (χ0) is 22.8. The largest absolute Gasteiger partial charge is 0.460 e. The van der Waals surface area contributed by atoms with Crippen LogP contribution in [-0.4, -0.2) is 65.5 Å². The summed E-state index contributed by atoms with van der Waals surface area (Å²) in [6.45, 7) is -0.929. The summed E-state index contributed by atoms with van der Waals surface area (Å²) in [6, 6.07) is 0. The van der Waals surface area contributed by atoms with Crippen LogP contribution in [0.1, 0.15) is 25.7 Å². The topological polar surface area (TPSA) is 94.9 Å². The fourth-order valence-electron chi connectivity index (χ4n) is 1.84. The lowest BCUT2D eigenvalue weighted by atomic mass is 10.1. The van der Waals surface area contributed by atoms with E-state index in [2.05, 4.69) is 0 Å². The van der Waals surface area contributed by atoms with E-state index in [0.29, 0.717) is 7.05 Å². The van der Waals surface area contributed by atoms with Gasteiger partial charge in [-0.2, -0.15) is 43.8 Å². The van der Waals surface area contributed by atoms with E-state index in [0.717, 1.165) is 0 Å². The number of halogens is 9. The van der Waals surface area contributed by atoms with E-state index in [9.17, 15) is 52.5 Å². The second kappa shape index (κ2) is 8.66. The molecule has 0 heterocycles. The highest BCUT2D eigenvalue weighted by Gasteiger charge is 2.85. The molecule has 0 aromatic carbocycles. The van der Waals surface area contributed by atoms with E-state index in [1.807, 2.05) is 0 Å². The van der Waals surface area contributed by atoms with Crippen molar-refractivity contribution >= 4 is 17.6 Å². The Morgan fingerprint density at radius 3 is 1.64 bits per heavy atom. The molecule has 0 aliphatic carbocycles. The SMILES string of the molecule is CN(CCCCCCP(=O)(O)O)S(=O)(=O)C(F)(F)C(F)(F)C(F)(F)C(F)(F)F. The van der Waals surface area contributed by atoms with E-state index in [-0.39, 0.29) is 25.7 Å². The van der Waals surface area contributed by atoms with Crippen LogP contribution in [0.3, 0.4) is 0 Å². The van der Waals surface area contributed by atoms with Gasteiger partial charge in [-0.25, -0.2) is 8.42 Å². The Kier molecular flexibility index (Phi) is 8.48. The van der Waals surface area contributed by atoms with Crippen molar-refractivity contribution in [1.82, 2.24) is 4.31 Å². The molecule has 0 atom stereocenters. The van der Waals surface area contributed by atoms with Gasteiger partial charge in [-0.05, 0) is 12.8 Å². The van der Waals surface area contributed by atoms with Crippen molar-refractivity contribution in [2.24, 2.45) is 0 Å². The summed E-state index contributed by atoms with van der Waals surface area (Å²) in [5.41, 5.74) is 0. The second-order valence-corrected chi connectivity index (χ2v) is 9.66. The predicted molar refractivity (Wildman–Crippen MR) is 77.8 cm³/mol. The average molecular weight is 477 g/mol. The van der Waals surface area contributed by atoms with Gasteiger partial charge in [-0.1, -0.05) is 12.8 Å². The maximum Gasteiger partial charge on any atom is 0.460 e.